The molecule has 2 heteroatoms. The van der Waals surface area contributed by atoms with E-state index in [9.17, 15) is 0 Å². The zero-order chi connectivity index (χ0) is 26.1. The molecule has 2 nitrogen and oxygen atoms in total. The smallest absolute Gasteiger partial charge is 0.101 e. The third-order valence-corrected chi connectivity index (χ3v) is 8.34. The van der Waals surface area contributed by atoms with Crippen molar-refractivity contribution in [1.29, 1.82) is 0 Å². The molecule has 1 rings (SSSR count). The van der Waals surface area contributed by atoms with Crippen LogP contribution in [-0.2, 0) is 0 Å². The van der Waals surface area contributed by atoms with Crippen LogP contribution in [0.25, 0.3) is 0 Å². The van der Waals surface area contributed by atoms with Crippen molar-refractivity contribution in [1.82, 2.24) is 9.80 Å². The summed E-state index contributed by atoms with van der Waals surface area (Å²) in [7, 11) is 0. The minimum absolute atomic E-state index is 0.607. The zero-order valence-electron chi connectivity index (χ0n) is 25.6. The molecule has 0 aliphatic carbocycles. The minimum Gasteiger partial charge on any atom is -0.356 e. The predicted octanol–water partition coefficient (Wildman–Crippen LogP) is 11.6. The van der Waals surface area contributed by atoms with Crippen LogP contribution in [0.15, 0.2) is 12.4 Å². The third-order valence-electron chi connectivity index (χ3n) is 8.34. The molecule has 0 radical (unpaired) electrons. The van der Waals surface area contributed by atoms with E-state index in [4.69, 9.17) is 0 Å². The van der Waals surface area contributed by atoms with Gasteiger partial charge in [-0.3, -0.25) is 0 Å². The van der Waals surface area contributed by atoms with E-state index < -0.39 is 0 Å². The van der Waals surface area contributed by atoms with Crippen LogP contribution < -0.4 is 0 Å². The van der Waals surface area contributed by atoms with E-state index in [1.165, 1.54) is 167 Å². The Morgan fingerprint density at radius 3 is 1.22 bits per heavy atom. The molecule has 0 aromatic heterocycles. The van der Waals surface area contributed by atoms with Crippen molar-refractivity contribution in [3.8, 4) is 0 Å². The summed E-state index contributed by atoms with van der Waals surface area (Å²) in [6.45, 7) is 10.6. The molecule has 1 aliphatic rings. The highest BCUT2D eigenvalue weighted by Crippen LogP contribution is 2.25. The topological polar surface area (TPSA) is 6.48 Å². The van der Waals surface area contributed by atoms with Gasteiger partial charge in [0.1, 0.15) is 6.17 Å². The lowest BCUT2D eigenvalue weighted by Gasteiger charge is -2.35. The van der Waals surface area contributed by atoms with Crippen molar-refractivity contribution >= 4 is 0 Å². The molecule has 0 N–H and O–H groups in total. The predicted molar refractivity (Wildman–Crippen MR) is 163 cm³/mol. The number of rotatable bonds is 27. The molecular formula is C34H68N2. The minimum atomic E-state index is 0.607. The quantitative estimate of drug-likeness (QED) is 0.103. The summed E-state index contributed by atoms with van der Waals surface area (Å²) in [6.07, 6.45) is 41.2. The van der Waals surface area contributed by atoms with E-state index in [0.29, 0.717) is 12.2 Å². The lowest BCUT2D eigenvalue weighted by Crippen LogP contribution is -2.42. The number of unbranched alkanes of at least 4 members (excludes halogenated alkanes) is 22. The molecule has 1 heterocycles. The SMILES string of the molecule is CCCCCCCCCCCCCCCCN1C=CN(C(C)C)C1CCCCCCCCCCCC. The van der Waals surface area contributed by atoms with Crippen molar-refractivity contribution in [2.45, 2.75) is 200 Å². The summed E-state index contributed by atoms with van der Waals surface area (Å²) in [5, 5.41) is 0. The van der Waals surface area contributed by atoms with E-state index in [1.807, 2.05) is 0 Å². The van der Waals surface area contributed by atoms with Crippen molar-refractivity contribution in [2.24, 2.45) is 0 Å². The first-order valence-corrected chi connectivity index (χ1v) is 16.9. The average Bonchev–Trinajstić information content (AvgIpc) is 3.28. The molecule has 0 aromatic carbocycles. The second-order valence-corrected chi connectivity index (χ2v) is 12.1. The Morgan fingerprint density at radius 2 is 0.833 bits per heavy atom. The maximum atomic E-state index is 2.66. The Morgan fingerprint density at radius 1 is 0.472 bits per heavy atom. The van der Waals surface area contributed by atoms with Gasteiger partial charge < -0.3 is 9.80 Å². The first-order valence-electron chi connectivity index (χ1n) is 16.9. The first kappa shape index (κ1) is 33.4. The zero-order valence-corrected chi connectivity index (χ0v) is 25.6. The van der Waals surface area contributed by atoms with E-state index in [2.05, 4.69) is 49.9 Å². The highest BCUT2D eigenvalue weighted by Gasteiger charge is 2.26. The van der Waals surface area contributed by atoms with Crippen molar-refractivity contribution < 1.29 is 0 Å². The van der Waals surface area contributed by atoms with Crippen LogP contribution in [0.3, 0.4) is 0 Å². The molecule has 0 spiro atoms. The van der Waals surface area contributed by atoms with Gasteiger partial charge in [0.25, 0.3) is 0 Å². The molecule has 0 amide bonds. The second kappa shape index (κ2) is 24.7. The van der Waals surface area contributed by atoms with E-state index >= 15 is 0 Å². The molecule has 0 fully saturated rings. The van der Waals surface area contributed by atoms with Gasteiger partial charge in [0, 0.05) is 25.0 Å². The van der Waals surface area contributed by atoms with Crippen molar-refractivity contribution in [2.75, 3.05) is 6.54 Å². The normalized spacial score (nSPS) is 15.6. The lowest BCUT2D eigenvalue weighted by atomic mass is 10.0. The van der Waals surface area contributed by atoms with Gasteiger partial charge in [-0.15, -0.1) is 0 Å². The molecule has 36 heavy (non-hydrogen) atoms. The average molecular weight is 505 g/mol. The van der Waals surface area contributed by atoms with Gasteiger partial charge in [-0.05, 0) is 33.1 Å². The molecule has 214 valence electrons. The van der Waals surface area contributed by atoms with Crippen LogP contribution in [0, 0.1) is 0 Å². The summed E-state index contributed by atoms with van der Waals surface area (Å²) < 4.78 is 0. The molecule has 0 bridgehead atoms. The summed E-state index contributed by atoms with van der Waals surface area (Å²) in [5.41, 5.74) is 0. The van der Waals surface area contributed by atoms with E-state index in [1.54, 1.807) is 0 Å². The van der Waals surface area contributed by atoms with E-state index in [-0.39, 0.29) is 0 Å². The summed E-state index contributed by atoms with van der Waals surface area (Å²) in [5.74, 6) is 0. The van der Waals surface area contributed by atoms with Crippen LogP contribution in [0.2, 0.25) is 0 Å². The summed E-state index contributed by atoms with van der Waals surface area (Å²) >= 11 is 0. The Bertz CT molecular complexity index is 472. The lowest BCUT2D eigenvalue weighted by molar-refractivity contribution is 0.114. The number of hydrogen-bond donors (Lipinski definition) is 0. The molecule has 1 unspecified atom stereocenters. The third kappa shape index (κ3) is 17.7. The van der Waals surface area contributed by atoms with Gasteiger partial charge in [-0.1, -0.05) is 155 Å². The molecule has 1 atom stereocenters. The largest absolute Gasteiger partial charge is 0.356 e. The van der Waals surface area contributed by atoms with Crippen LogP contribution >= 0.6 is 0 Å². The first-order chi connectivity index (χ1) is 17.7. The van der Waals surface area contributed by atoms with Crippen molar-refractivity contribution in [3.63, 3.8) is 0 Å². The summed E-state index contributed by atoms with van der Waals surface area (Å²) in [4.78, 5) is 5.27. The van der Waals surface area contributed by atoms with Gasteiger partial charge in [0.15, 0.2) is 0 Å². The maximum absolute atomic E-state index is 2.66. The summed E-state index contributed by atoms with van der Waals surface area (Å²) in [6, 6.07) is 0.607. The molecule has 0 aromatic rings. The molecule has 1 aliphatic heterocycles. The Kier molecular flexibility index (Phi) is 22.9. The van der Waals surface area contributed by atoms with Gasteiger partial charge >= 0.3 is 0 Å². The fourth-order valence-electron chi connectivity index (χ4n) is 5.89. The van der Waals surface area contributed by atoms with Crippen LogP contribution in [0.5, 0.6) is 0 Å². The number of hydrogen-bond acceptors (Lipinski definition) is 2. The Hall–Kier alpha value is -0.660. The van der Waals surface area contributed by atoms with Crippen LogP contribution in [0.1, 0.15) is 188 Å². The highest BCUT2D eigenvalue weighted by atomic mass is 15.4. The van der Waals surface area contributed by atoms with Crippen LogP contribution in [0.4, 0.5) is 0 Å². The van der Waals surface area contributed by atoms with Gasteiger partial charge in [-0.2, -0.15) is 0 Å². The standard InChI is InChI=1S/C34H68N2/c1-5-7-9-11-13-15-17-18-19-20-22-24-26-28-30-35-31-32-36(33(3)4)34(35)29-27-25-23-21-16-14-12-10-8-6-2/h31-34H,5-30H2,1-4H3. The number of nitrogens with zero attached hydrogens (tertiary/aromatic N) is 2. The van der Waals surface area contributed by atoms with Gasteiger partial charge in [0.2, 0.25) is 0 Å². The molecule has 0 saturated heterocycles. The highest BCUT2D eigenvalue weighted by molar-refractivity contribution is 4.98. The maximum Gasteiger partial charge on any atom is 0.101 e. The van der Waals surface area contributed by atoms with Crippen molar-refractivity contribution in [3.05, 3.63) is 12.4 Å². The monoisotopic (exact) mass is 505 g/mol. The Balaban J connectivity index is 2.03. The van der Waals surface area contributed by atoms with E-state index in [0.717, 1.165) is 0 Å². The van der Waals surface area contributed by atoms with Gasteiger partial charge in [-0.25, -0.2) is 0 Å². The Labute approximate surface area is 229 Å². The van der Waals surface area contributed by atoms with Gasteiger partial charge in [0.05, 0.1) is 0 Å². The second-order valence-electron chi connectivity index (χ2n) is 12.1. The fraction of sp³-hybridized carbons (Fsp3) is 0.941. The van der Waals surface area contributed by atoms with Crippen LogP contribution in [-0.4, -0.2) is 28.6 Å². The molecule has 0 saturated carbocycles. The molecular weight excluding hydrogens is 436 g/mol. The fourth-order valence-corrected chi connectivity index (χ4v) is 5.89.